The van der Waals surface area contributed by atoms with Gasteiger partial charge in [-0.1, -0.05) is 18.2 Å². The van der Waals surface area contributed by atoms with Gasteiger partial charge in [0.2, 0.25) is 5.91 Å². The predicted molar refractivity (Wildman–Crippen MR) is 89.3 cm³/mol. The van der Waals surface area contributed by atoms with Gasteiger partial charge in [0, 0.05) is 0 Å². The molecule has 1 aromatic heterocycles. The molecule has 0 fully saturated rings. The van der Waals surface area contributed by atoms with Gasteiger partial charge in [0.1, 0.15) is 12.4 Å². The van der Waals surface area contributed by atoms with E-state index in [1.165, 1.54) is 11.3 Å². The van der Waals surface area contributed by atoms with Gasteiger partial charge in [-0.3, -0.25) is 9.59 Å². The van der Waals surface area contributed by atoms with E-state index in [2.05, 4.69) is 26.6 Å². The van der Waals surface area contributed by atoms with Crippen LogP contribution in [0.1, 0.15) is 9.67 Å². The van der Waals surface area contributed by atoms with Crippen molar-refractivity contribution in [3.05, 3.63) is 51.1 Å². The van der Waals surface area contributed by atoms with Gasteiger partial charge in [-0.25, -0.2) is 0 Å². The average molecular weight is 383 g/mol. The molecule has 0 bridgehead atoms. The lowest BCUT2D eigenvalue weighted by atomic mass is 10.3. The molecule has 1 aromatic carbocycles. The maximum Gasteiger partial charge on any atom is 0.261 e. The van der Waals surface area contributed by atoms with Crippen LogP contribution in [0, 0.1) is 0 Å². The van der Waals surface area contributed by atoms with E-state index in [-0.39, 0.29) is 18.4 Å². The molecule has 0 spiro atoms. The zero-order valence-electron chi connectivity index (χ0n) is 11.7. The van der Waals surface area contributed by atoms with Gasteiger partial charge in [-0.05, 0) is 40.2 Å². The van der Waals surface area contributed by atoms with Crippen LogP contribution in [0.4, 0.5) is 0 Å². The molecular formula is C15H15BrN2O3S. The summed E-state index contributed by atoms with van der Waals surface area (Å²) < 4.78 is 6.32. The maximum atomic E-state index is 11.8. The molecule has 2 amide bonds. The van der Waals surface area contributed by atoms with E-state index in [1.54, 1.807) is 12.1 Å². The van der Waals surface area contributed by atoms with Gasteiger partial charge < -0.3 is 15.4 Å². The Labute approximate surface area is 140 Å². The minimum absolute atomic E-state index is 0.0559. The summed E-state index contributed by atoms with van der Waals surface area (Å²) in [5, 5.41) is 5.25. The lowest BCUT2D eigenvalue weighted by Crippen LogP contribution is -2.38. The Kier molecular flexibility index (Phi) is 6.42. The van der Waals surface area contributed by atoms with Crippen LogP contribution in [0.3, 0.4) is 0 Å². The van der Waals surface area contributed by atoms with Gasteiger partial charge in [-0.2, -0.15) is 0 Å². The first-order valence-electron chi connectivity index (χ1n) is 6.63. The molecule has 0 unspecified atom stereocenters. The Morgan fingerprint density at radius 2 is 1.86 bits per heavy atom. The number of thiophene rings is 1. The van der Waals surface area contributed by atoms with E-state index in [1.807, 2.05) is 30.3 Å². The molecule has 2 N–H and O–H groups in total. The first kappa shape index (κ1) is 16.5. The Bertz CT molecular complexity index is 631. The highest BCUT2D eigenvalue weighted by molar-refractivity contribution is 9.11. The number of ether oxygens (including phenoxy) is 1. The number of nitrogens with one attached hydrogen (secondary N) is 2. The van der Waals surface area contributed by atoms with Crippen molar-refractivity contribution < 1.29 is 14.3 Å². The smallest absolute Gasteiger partial charge is 0.261 e. The minimum Gasteiger partial charge on any atom is -0.492 e. The summed E-state index contributed by atoms with van der Waals surface area (Å²) in [6.07, 6.45) is 0. The molecule has 0 saturated carbocycles. The van der Waals surface area contributed by atoms with Crippen LogP contribution in [0.15, 0.2) is 46.3 Å². The highest BCUT2D eigenvalue weighted by Gasteiger charge is 2.09. The number of para-hydroxylation sites is 1. The Morgan fingerprint density at radius 1 is 1.09 bits per heavy atom. The summed E-state index contributed by atoms with van der Waals surface area (Å²) in [5.74, 6) is 0.250. The highest BCUT2D eigenvalue weighted by Crippen LogP contribution is 2.21. The summed E-state index contributed by atoms with van der Waals surface area (Å²) in [5.41, 5.74) is 0. The van der Waals surface area contributed by atoms with Crippen LogP contribution in [-0.4, -0.2) is 31.5 Å². The van der Waals surface area contributed by atoms with Crippen LogP contribution in [0.2, 0.25) is 0 Å². The first-order chi connectivity index (χ1) is 10.6. The second-order valence-electron chi connectivity index (χ2n) is 4.30. The van der Waals surface area contributed by atoms with Gasteiger partial charge in [0.15, 0.2) is 0 Å². The number of rotatable bonds is 7. The molecule has 116 valence electrons. The molecule has 0 atom stereocenters. The van der Waals surface area contributed by atoms with Crippen molar-refractivity contribution in [2.75, 3.05) is 19.7 Å². The second kappa shape index (κ2) is 8.55. The van der Waals surface area contributed by atoms with Gasteiger partial charge in [0.25, 0.3) is 5.91 Å². The van der Waals surface area contributed by atoms with E-state index in [9.17, 15) is 9.59 Å². The van der Waals surface area contributed by atoms with Crippen LogP contribution in [0.25, 0.3) is 0 Å². The molecule has 0 aliphatic rings. The quantitative estimate of drug-likeness (QED) is 0.722. The number of halogens is 1. The number of carbonyl (C=O) groups excluding carboxylic acids is 2. The fourth-order valence-electron chi connectivity index (χ4n) is 1.62. The molecular weight excluding hydrogens is 368 g/mol. The first-order valence-corrected chi connectivity index (χ1v) is 8.24. The monoisotopic (exact) mass is 382 g/mol. The lowest BCUT2D eigenvalue weighted by Gasteiger charge is -2.08. The van der Waals surface area contributed by atoms with E-state index >= 15 is 0 Å². The van der Waals surface area contributed by atoms with Gasteiger partial charge in [-0.15, -0.1) is 11.3 Å². The van der Waals surface area contributed by atoms with Crippen molar-refractivity contribution in [3.8, 4) is 5.75 Å². The summed E-state index contributed by atoms with van der Waals surface area (Å²) in [4.78, 5) is 23.9. The van der Waals surface area contributed by atoms with Crippen molar-refractivity contribution in [2.45, 2.75) is 0 Å². The summed E-state index contributed by atoms with van der Waals surface area (Å²) in [6, 6.07) is 12.9. The molecule has 0 radical (unpaired) electrons. The lowest BCUT2D eigenvalue weighted by molar-refractivity contribution is -0.120. The SMILES string of the molecule is O=C(CNC(=O)c1ccc(Br)s1)NCCOc1ccccc1. The van der Waals surface area contributed by atoms with Crippen molar-refractivity contribution in [3.63, 3.8) is 0 Å². The van der Waals surface area contributed by atoms with E-state index in [0.717, 1.165) is 9.54 Å². The Hall–Kier alpha value is -1.86. The van der Waals surface area contributed by atoms with Crippen molar-refractivity contribution in [1.82, 2.24) is 10.6 Å². The summed E-state index contributed by atoms with van der Waals surface area (Å²) in [7, 11) is 0. The molecule has 22 heavy (non-hydrogen) atoms. The normalized spacial score (nSPS) is 10.0. The molecule has 7 heteroatoms. The van der Waals surface area contributed by atoms with Crippen molar-refractivity contribution >= 4 is 39.1 Å². The maximum absolute atomic E-state index is 11.8. The molecule has 5 nitrogen and oxygen atoms in total. The van der Waals surface area contributed by atoms with Crippen LogP contribution in [-0.2, 0) is 4.79 Å². The number of hydrogen-bond acceptors (Lipinski definition) is 4. The molecule has 0 saturated heterocycles. The average Bonchev–Trinajstić information content (AvgIpc) is 2.97. The van der Waals surface area contributed by atoms with Gasteiger partial charge >= 0.3 is 0 Å². The standard InChI is InChI=1S/C15H15BrN2O3S/c16-13-7-6-12(22-13)15(20)18-10-14(19)17-8-9-21-11-4-2-1-3-5-11/h1-7H,8-10H2,(H,17,19)(H,18,20). The zero-order valence-corrected chi connectivity index (χ0v) is 14.1. The van der Waals surface area contributed by atoms with Crippen molar-refractivity contribution in [1.29, 1.82) is 0 Å². The second-order valence-corrected chi connectivity index (χ2v) is 6.76. The van der Waals surface area contributed by atoms with Crippen LogP contribution < -0.4 is 15.4 Å². The third kappa shape index (κ3) is 5.50. The number of carbonyl (C=O) groups is 2. The number of amides is 2. The van der Waals surface area contributed by atoms with Gasteiger partial charge in [0.05, 0.1) is 21.8 Å². The largest absolute Gasteiger partial charge is 0.492 e. The molecule has 2 aromatic rings. The van der Waals surface area contributed by atoms with E-state index in [0.29, 0.717) is 18.0 Å². The molecule has 2 rings (SSSR count). The predicted octanol–water partition coefficient (Wildman–Crippen LogP) is 2.44. The minimum atomic E-state index is -0.258. The fraction of sp³-hybridized carbons (Fsp3) is 0.200. The molecule has 0 aliphatic carbocycles. The summed E-state index contributed by atoms with van der Waals surface area (Å²) in [6.45, 7) is 0.704. The fourth-order valence-corrected chi connectivity index (χ4v) is 2.93. The Balaban J connectivity index is 1.61. The van der Waals surface area contributed by atoms with Crippen molar-refractivity contribution in [2.24, 2.45) is 0 Å². The number of benzene rings is 1. The molecule has 0 aliphatic heterocycles. The third-order valence-corrected chi connectivity index (χ3v) is 4.27. The Morgan fingerprint density at radius 3 is 2.55 bits per heavy atom. The third-order valence-electron chi connectivity index (χ3n) is 2.64. The topological polar surface area (TPSA) is 67.4 Å². The number of hydrogen-bond donors (Lipinski definition) is 2. The van der Waals surface area contributed by atoms with E-state index < -0.39 is 0 Å². The van der Waals surface area contributed by atoms with E-state index in [4.69, 9.17) is 4.74 Å². The van der Waals surface area contributed by atoms with Crippen LogP contribution >= 0.6 is 27.3 Å². The molecule has 1 heterocycles. The summed E-state index contributed by atoms with van der Waals surface area (Å²) >= 11 is 4.61. The van der Waals surface area contributed by atoms with Crippen LogP contribution in [0.5, 0.6) is 5.75 Å². The highest BCUT2D eigenvalue weighted by atomic mass is 79.9. The zero-order chi connectivity index (χ0) is 15.8.